The molecule has 0 aliphatic rings. The Morgan fingerprint density at radius 1 is 1.06 bits per heavy atom. The summed E-state index contributed by atoms with van der Waals surface area (Å²) in [5.74, 6) is -0.301. The highest BCUT2D eigenvalue weighted by atomic mass is 16.3. The van der Waals surface area contributed by atoms with E-state index in [0.29, 0.717) is 16.7 Å². The van der Waals surface area contributed by atoms with Gasteiger partial charge in [-0.05, 0) is 24.3 Å². The molecule has 0 fully saturated rings. The summed E-state index contributed by atoms with van der Waals surface area (Å²) in [6.45, 7) is 0. The predicted molar refractivity (Wildman–Crippen MR) is 69.0 cm³/mol. The van der Waals surface area contributed by atoms with E-state index >= 15 is 0 Å². The van der Waals surface area contributed by atoms with Crippen molar-refractivity contribution in [3.05, 3.63) is 65.1 Å². The maximum Gasteiger partial charge on any atom is 0.297 e. The molecular weight excluding hydrogens is 228 g/mol. The van der Waals surface area contributed by atoms with E-state index in [1.54, 1.807) is 18.3 Å². The van der Waals surface area contributed by atoms with Gasteiger partial charge < -0.3 is 5.11 Å². The SMILES string of the molecule is O=c1c(O)cc2ncccc2n1-c1ccccc1. The summed E-state index contributed by atoms with van der Waals surface area (Å²) in [6.07, 6.45) is 1.63. The summed E-state index contributed by atoms with van der Waals surface area (Å²) in [6, 6.07) is 14.1. The first-order chi connectivity index (χ1) is 8.77. The molecule has 0 aliphatic heterocycles. The lowest BCUT2D eigenvalue weighted by Gasteiger charge is -2.10. The highest BCUT2D eigenvalue weighted by Crippen LogP contribution is 2.17. The average Bonchev–Trinajstić information content (AvgIpc) is 2.41. The Labute approximate surface area is 103 Å². The van der Waals surface area contributed by atoms with E-state index in [2.05, 4.69) is 4.98 Å². The Kier molecular flexibility index (Phi) is 2.34. The van der Waals surface area contributed by atoms with Gasteiger partial charge in [0, 0.05) is 18.0 Å². The topological polar surface area (TPSA) is 55.1 Å². The zero-order chi connectivity index (χ0) is 12.5. The zero-order valence-corrected chi connectivity index (χ0v) is 9.45. The monoisotopic (exact) mass is 238 g/mol. The van der Waals surface area contributed by atoms with Crippen LogP contribution in [0.5, 0.6) is 5.75 Å². The molecule has 1 aromatic carbocycles. The molecule has 4 nitrogen and oxygen atoms in total. The van der Waals surface area contributed by atoms with Crippen LogP contribution in [0.2, 0.25) is 0 Å². The predicted octanol–water partition coefficient (Wildman–Crippen LogP) is 2.09. The Hall–Kier alpha value is -2.62. The fourth-order valence-electron chi connectivity index (χ4n) is 1.96. The lowest BCUT2D eigenvalue weighted by molar-refractivity contribution is 0.465. The summed E-state index contributed by atoms with van der Waals surface area (Å²) in [7, 11) is 0. The molecule has 0 spiro atoms. The molecule has 2 aromatic heterocycles. The van der Waals surface area contributed by atoms with E-state index in [-0.39, 0.29) is 5.75 Å². The Bertz CT molecular complexity index is 764. The van der Waals surface area contributed by atoms with Gasteiger partial charge in [0.15, 0.2) is 5.75 Å². The third-order valence-corrected chi connectivity index (χ3v) is 2.77. The normalized spacial score (nSPS) is 10.7. The molecule has 88 valence electrons. The lowest BCUT2D eigenvalue weighted by atomic mass is 10.2. The van der Waals surface area contributed by atoms with Crippen LogP contribution >= 0.6 is 0 Å². The van der Waals surface area contributed by atoms with Gasteiger partial charge in [-0.25, -0.2) is 0 Å². The minimum absolute atomic E-state index is 0.301. The highest BCUT2D eigenvalue weighted by molar-refractivity contribution is 5.77. The summed E-state index contributed by atoms with van der Waals surface area (Å²) in [4.78, 5) is 16.2. The van der Waals surface area contributed by atoms with Gasteiger partial charge in [-0.15, -0.1) is 0 Å². The van der Waals surface area contributed by atoms with Crippen molar-refractivity contribution >= 4 is 11.0 Å². The van der Waals surface area contributed by atoms with Crippen LogP contribution in [0.1, 0.15) is 0 Å². The lowest BCUT2D eigenvalue weighted by Crippen LogP contribution is -2.18. The summed E-state index contributed by atoms with van der Waals surface area (Å²) >= 11 is 0. The van der Waals surface area contributed by atoms with Crippen molar-refractivity contribution in [1.82, 2.24) is 9.55 Å². The van der Waals surface area contributed by atoms with Crippen molar-refractivity contribution in [2.75, 3.05) is 0 Å². The van der Waals surface area contributed by atoms with Gasteiger partial charge in [0.2, 0.25) is 0 Å². The molecule has 4 heteroatoms. The molecule has 1 N–H and O–H groups in total. The van der Waals surface area contributed by atoms with Crippen LogP contribution in [-0.2, 0) is 0 Å². The fourth-order valence-corrected chi connectivity index (χ4v) is 1.96. The van der Waals surface area contributed by atoms with Gasteiger partial charge in [0.25, 0.3) is 5.56 Å². The largest absolute Gasteiger partial charge is 0.503 e. The number of rotatable bonds is 1. The second kappa shape index (κ2) is 4.00. The maximum atomic E-state index is 12.1. The van der Waals surface area contributed by atoms with Crippen LogP contribution in [-0.4, -0.2) is 14.7 Å². The fraction of sp³-hybridized carbons (Fsp3) is 0. The third-order valence-electron chi connectivity index (χ3n) is 2.77. The minimum atomic E-state index is -0.443. The average molecular weight is 238 g/mol. The molecule has 0 aliphatic carbocycles. The molecule has 2 heterocycles. The number of hydrogen-bond acceptors (Lipinski definition) is 3. The Morgan fingerprint density at radius 2 is 1.83 bits per heavy atom. The van der Waals surface area contributed by atoms with Gasteiger partial charge in [-0.3, -0.25) is 14.3 Å². The molecule has 3 aromatic rings. The number of aromatic nitrogens is 2. The van der Waals surface area contributed by atoms with Crippen molar-refractivity contribution in [2.24, 2.45) is 0 Å². The molecule has 0 unspecified atom stereocenters. The van der Waals surface area contributed by atoms with Crippen LogP contribution < -0.4 is 5.56 Å². The van der Waals surface area contributed by atoms with E-state index in [0.717, 1.165) is 0 Å². The Morgan fingerprint density at radius 3 is 2.61 bits per heavy atom. The number of nitrogens with zero attached hydrogens (tertiary/aromatic N) is 2. The molecule has 0 saturated heterocycles. The van der Waals surface area contributed by atoms with Crippen LogP contribution in [0.25, 0.3) is 16.7 Å². The minimum Gasteiger partial charge on any atom is -0.503 e. The number of para-hydroxylation sites is 1. The molecule has 0 saturated carbocycles. The van der Waals surface area contributed by atoms with E-state index in [1.807, 2.05) is 30.3 Å². The first kappa shape index (κ1) is 10.5. The van der Waals surface area contributed by atoms with Crippen molar-refractivity contribution in [3.8, 4) is 11.4 Å². The van der Waals surface area contributed by atoms with Crippen molar-refractivity contribution < 1.29 is 5.11 Å². The molecular formula is C14H10N2O2. The standard InChI is InChI=1S/C14H10N2O2/c17-13-9-11-12(7-4-8-15-11)16(14(13)18)10-5-2-1-3-6-10/h1-9,17H. The van der Waals surface area contributed by atoms with E-state index in [1.165, 1.54) is 10.6 Å². The summed E-state index contributed by atoms with van der Waals surface area (Å²) < 4.78 is 1.46. The second-order valence-electron chi connectivity index (χ2n) is 3.91. The molecule has 0 bridgehead atoms. The maximum absolute atomic E-state index is 12.1. The van der Waals surface area contributed by atoms with Crippen LogP contribution in [0, 0.1) is 0 Å². The number of pyridine rings is 2. The van der Waals surface area contributed by atoms with Crippen LogP contribution in [0.4, 0.5) is 0 Å². The summed E-state index contributed by atoms with van der Waals surface area (Å²) in [5, 5.41) is 9.69. The van der Waals surface area contributed by atoms with Crippen LogP contribution in [0.15, 0.2) is 59.5 Å². The smallest absolute Gasteiger partial charge is 0.297 e. The zero-order valence-electron chi connectivity index (χ0n) is 9.45. The highest BCUT2D eigenvalue weighted by Gasteiger charge is 2.09. The molecule has 0 atom stereocenters. The first-order valence-corrected chi connectivity index (χ1v) is 5.52. The van der Waals surface area contributed by atoms with Gasteiger partial charge in [0.1, 0.15) is 0 Å². The summed E-state index contributed by atoms with van der Waals surface area (Å²) in [5.41, 5.74) is 1.52. The molecule has 18 heavy (non-hydrogen) atoms. The number of hydrogen-bond donors (Lipinski definition) is 1. The quantitative estimate of drug-likeness (QED) is 0.706. The Balaban J connectivity index is 2.47. The third kappa shape index (κ3) is 1.55. The molecule has 0 amide bonds. The number of aromatic hydroxyl groups is 1. The van der Waals surface area contributed by atoms with Gasteiger partial charge >= 0.3 is 0 Å². The van der Waals surface area contributed by atoms with Crippen molar-refractivity contribution in [1.29, 1.82) is 0 Å². The van der Waals surface area contributed by atoms with Gasteiger partial charge in [-0.2, -0.15) is 0 Å². The van der Waals surface area contributed by atoms with E-state index in [4.69, 9.17) is 0 Å². The number of fused-ring (bicyclic) bond motifs is 1. The second-order valence-corrected chi connectivity index (χ2v) is 3.91. The molecule has 3 rings (SSSR count). The van der Waals surface area contributed by atoms with E-state index in [9.17, 15) is 9.90 Å². The van der Waals surface area contributed by atoms with Crippen molar-refractivity contribution in [2.45, 2.75) is 0 Å². The number of benzene rings is 1. The van der Waals surface area contributed by atoms with Crippen molar-refractivity contribution in [3.63, 3.8) is 0 Å². The van der Waals surface area contributed by atoms with Gasteiger partial charge in [0.05, 0.1) is 11.0 Å². The van der Waals surface area contributed by atoms with E-state index < -0.39 is 5.56 Å². The first-order valence-electron chi connectivity index (χ1n) is 5.52. The van der Waals surface area contributed by atoms with Crippen LogP contribution in [0.3, 0.4) is 0 Å². The van der Waals surface area contributed by atoms with Gasteiger partial charge in [-0.1, -0.05) is 18.2 Å². The molecule has 0 radical (unpaired) electrons.